The number of nitrogens with zero attached hydrogens (tertiary/aromatic N) is 3. The predicted molar refractivity (Wildman–Crippen MR) is 160 cm³/mol. The molecule has 1 fully saturated rings. The minimum atomic E-state index is -0.919. The molecule has 9 nitrogen and oxygen atoms in total. The van der Waals surface area contributed by atoms with E-state index in [1.807, 2.05) is 43.3 Å². The molecule has 5 rings (SSSR count). The molecule has 2 aliphatic heterocycles. The molecule has 1 saturated heterocycles. The van der Waals surface area contributed by atoms with Crippen molar-refractivity contribution in [3.63, 3.8) is 0 Å². The van der Waals surface area contributed by atoms with Crippen molar-refractivity contribution in [2.24, 2.45) is 5.92 Å². The zero-order valence-corrected chi connectivity index (χ0v) is 24.9. The molecule has 43 heavy (non-hydrogen) atoms. The lowest BCUT2D eigenvalue weighted by Crippen LogP contribution is -2.46. The molecule has 3 atom stereocenters. The van der Waals surface area contributed by atoms with Gasteiger partial charge in [0.05, 0.1) is 29.4 Å². The number of halogens is 2. The highest BCUT2D eigenvalue weighted by Gasteiger charge is 2.41. The predicted octanol–water partition coefficient (Wildman–Crippen LogP) is 4.27. The number of ether oxygens (including phenoxy) is 1. The summed E-state index contributed by atoms with van der Waals surface area (Å²) in [5.74, 6) is -1.64. The Morgan fingerprint density at radius 3 is 2.58 bits per heavy atom. The maximum atomic E-state index is 14.2. The number of rotatable bonds is 9. The van der Waals surface area contributed by atoms with E-state index in [1.165, 1.54) is 12.1 Å². The number of nitrogens with one attached hydrogen (secondary N) is 3. The molecule has 1 unspecified atom stereocenters. The first-order valence-corrected chi connectivity index (χ1v) is 14.5. The molecule has 0 aliphatic carbocycles. The first kappa shape index (κ1) is 30.4. The van der Waals surface area contributed by atoms with Gasteiger partial charge in [0.2, 0.25) is 5.91 Å². The van der Waals surface area contributed by atoms with Crippen molar-refractivity contribution in [2.75, 3.05) is 45.2 Å². The second kappa shape index (κ2) is 12.6. The molecule has 11 heteroatoms. The molecule has 2 aliphatic rings. The first-order valence-electron chi connectivity index (χ1n) is 14.5. The van der Waals surface area contributed by atoms with Gasteiger partial charge in [0.15, 0.2) is 11.6 Å². The monoisotopic (exact) mass is 592 g/mol. The Balaban J connectivity index is 1.47. The van der Waals surface area contributed by atoms with Crippen LogP contribution in [-0.2, 0) is 14.9 Å². The number of carbonyl (C=O) groups is 2. The number of aromatic nitrogens is 2. The standard InChI is InChI=1S/C32H38F2N6O3/c1-20(2)32(13-12-28(41)35-19-32)29-21(3)30(40(38-29)23-8-6-5-7-9-23)37-31(42)36-27-18-39(14-15-43-4)17-24(27)22-10-11-25(33)26(34)16-22/h5-13,16,20,24,27H,14-15,17-19H2,1-4H3,(H,35,41)(H2,36,37,42)/t24-,27+,32?/m0/s1. The molecule has 3 N–H and O–H groups in total. The highest BCUT2D eigenvalue weighted by atomic mass is 19.2. The van der Waals surface area contributed by atoms with Crippen LogP contribution in [0.25, 0.3) is 5.69 Å². The summed E-state index contributed by atoms with van der Waals surface area (Å²) < 4.78 is 34.8. The number of benzene rings is 2. The normalized spacial score (nSPS) is 22.2. The molecule has 2 aromatic carbocycles. The third kappa shape index (κ3) is 6.18. The minimum absolute atomic E-state index is 0.0947. The smallest absolute Gasteiger partial charge is 0.320 e. The van der Waals surface area contributed by atoms with Gasteiger partial charge in [0.1, 0.15) is 5.82 Å². The van der Waals surface area contributed by atoms with Gasteiger partial charge in [0, 0.05) is 44.8 Å². The topological polar surface area (TPSA) is 101 Å². The largest absolute Gasteiger partial charge is 0.383 e. The summed E-state index contributed by atoms with van der Waals surface area (Å²) in [5.41, 5.74) is 2.33. The van der Waals surface area contributed by atoms with E-state index in [0.717, 1.165) is 23.0 Å². The van der Waals surface area contributed by atoms with Crippen molar-refractivity contribution in [1.82, 2.24) is 25.3 Å². The molecule has 0 radical (unpaired) electrons. The Kier molecular flexibility index (Phi) is 8.93. The van der Waals surface area contributed by atoms with Gasteiger partial charge in [-0.2, -0.15) is 5.10 Å². The Morgan fingerprint density at radius 2 is 1.93 bits per heavy atom. The number of para-hydroxylation sites is 1. The maximum absolute atomic E-state index is 14.2. The zero-order chi connectivity index (χ0) is 30.7. The third-order valence-corrected chi connectivity index (χ3v) is 8.61. The van der Waals surface area contributed by atoms with E-state index in [-0.39, 0.29) is 23.8 Å². The molecule has 1 aromatic heterocycles. The minimum Gasteiger partial charge on any atom is -0.383 e. The van der Waals surface area contributed by atoms with Crippen molar-refractivity contribution in [3.8, 4) is 5.69 Å². The summed E-state index contributed by atoms with van der Waals surface area (Å²) in [6, 6.07) is 12.6. The van der Waals surface area contributed by atoms with Crippen LogP contribution in [0.2, 0.25) is 0 Å². The van der Waals surface area contributed by atoms with Crippen LogP contribution < -0.4 is 16.0 Å². The van der Waals surface area contributed by atoms with Gasteiger partial charge in [-0.15, -0.1) is 0 Å². The number of amides is 3. The highest BCUT2D eigenvalue weighted by Crippen LogP contribution is 2.39. The fourth-order valence-electron chi connectivity index (χ4n) is 6.08. The molecule has 0 bridgehead atoms. The Morgan fingerprint density at radius 1 is 1.16 bits per heavy atom. The van der Waals surface area contributed by atoms with Crippen LogP contribution in [0.4, 0.5) is 19.4 Å². The van der Waals surface area contributed by atoms with E-state index >= 15 is 0 Å². The second-order valence-corrected chi connectivity index (χ2v) is 11.6. The quantitative estimate of drug-likeness (QED) is 0.345. The third-order valence-electron chi connectivity index (χ3n) is 8.61. The molecule has 228 valence electrons. The van der Waals surface area contributed by atoms with E-state index in [4.69, 9.17) is 9.84 Å². The molecule has 0 spiro atoms. The first-order chi connectivity index (χ1) is 20.6. The highest BCUT2D eigenvalue weighted by molar-refractivity contribution is 5.91. The molecule has 0 saturated carbocycles. The lowest BCUT2D eigenvalue weighted by molar-refractivity contribution is -0.117. The fraction of sp³-hybridized carbons (Fsp3) is 0.406. The SMILES string of the molecule is COCCN1C[C@@H](NC(=O)Nc2c(C)c(C3(C(C)C)C=CC(=O)NC3)nn2-c2ccccc2)[C@H](c2ccc(F)c(F)c2)C1. The lowest BCUT2D eigenvalue weighted by Gasteiger charge is -2.36. The molecular weight excluding hydrogens is 554 g/mol. The van der Waals surface area contributed by atoms with Crippen LogP contribution in [0.15, 0.2) is 60.7 Å². The Bertz CT molecular complexity index is 1510. The number of anilines is 1. The summed E-state index contributed by atoms with van der Waals surface area (Å²) in [6.07, 6.45) is 3.45. The summed E-state index contributed by atoms with van der Waals surface area (Å²) in [5, 5.41) is 14.1. The van der Waals surface area contributed by atoms with E-state index in [1.54, 1.807) is 17.9 Å². The van der Waals surface area contributed by atoms with Crippen LogP contribution in [-0.4, -0.2) is 72.6 Å². The Labute approximate surface area is 250 Å². The van der Waals surface area contributed by atoms with Gasteiger partial charge in [-0.25, -0.2) is 18.3 Å². The van der Waals surface area contributed by atoms with E-state index in [0.29, 0.717) is 44.2 Å². The van der Waals surface area contributed by atoms with Gasteiger partial charge in [-0.05, 0) is 48.7 Å². The molecule has 3 heterocycles. The van der Waals surface area contributed by atoms with Crippen molar-refractivity contribution in [2.45, 2.75) is 38.1 Å². The van der Waals surface area contributed by atoms with E-state index < -0.39 is 23.1 Å². The molecule has 3 aromatic rings. The number of hydrogen-bond donors (Lipinski definition) is 3. The van der Waals surface area contributed by atoms with Crippen molar-refractivity contribution >= 4 is 17.8 Å². The van der Waals surface area contributed by atoms with Crippen LogP contribution in [0, 0.1) is 24.5 Å². The van der Waals surface area contributed by atoms with Crippen LogP contribution in [0.1, 0.15) is 36.6 Å². The number of likely N-dealkylation sites (tertiary alicyclic amines) is 1. The number of methoxy groups -OCH3 is 1. The van der Waals surface area contributed by atoms with Gasteiger partial charge in [-0.3, -0.25) is 15.0 Å². The van der Waals surface area contributed by atoms with Gasteiger partial charge in [-0.1, -0.05) is 44.2 Å². The average molecular weight is 593 g/mol. The maximum Gasteiger partial charge on any atom is 0.320 e. The number of carbonyl (C=O) groups excluding carboxylic acids is 2. The van der Waals surface area contributed by atoms with Gasteiger partial charge in [0.25, 0.3) is 0 Å². The molecular formula is C32H38F2N6O3. The van der Waals surface area contributed by atoms with Gasteiger partial charge < -0.3 is 15.4 Å². The average Bonchev–Trinajstić information content (AvgIpc) is 3.54. The van der Waals surface area contributed by atoms with E-state index in [2.05, 4.69) is 34.7 Å². The second-order valence-electron chi connectivity index (χ2n) is 11.6. The fourth-order valence-corrected chi connectivity index (χ4v) is 6.08. The number of hydrogen-bond acceptors (Lipinski definition) is 5. The summed E-state index contributed by atoms with van der Waals surface area (Å²) in [4.78, 5) is 27.8. The summed E-state index contributed by atoms with van der Waals surface area (Å²) in [7, 11) is 1.62. The van der Waals surface area contributed by atoms with Crippen molar-refractivity contribution in [3.05, 3.63) is 89.1 Å². The Hall–Kier alpha value is -4.09. The zero-order valence-electron chi connectivity index (χ0n) is 24.9. The van der Waals surface area contributed by atoms with Crippen LogP contribution in [0.3, 0.4) is 0 Å². The van der Waals surface area contributed by atoms with Crippen LogP contribution in [0.5, 0.6) is 0 Å². The molecule has 3 amide bonds. The van der Waals surface area contributed by atoms with Gasteiger partial charge >= 0.3 is 6.03 Å². The number of urea groups is 1. The lowest BCUT2D eigenvalue weighted by atomic mass is 9.71. The van der Waals surface area contributed by atoms with Crippen molar-refractivity contribution in [1.29, 1.82) is 0 Å². The van der Waals surface area contributed by atoms with Crippen LogP contribution >= 0.6 is 0 Å². The summed E-state index contributed by atoms with van der Waals surface area (Å²) in [6.45, 7) is 8.68. The van der Waals surface area contributed by atoms with E-state index in [9.17, 15) is 18.4 Å². The van der Waals surface area contributed by atoms with Crippen molar-refractivity contribution < 1.29 is 23.1 Å². The summed E-state index contributed by atoms with van der Waals surface area (Å²) >= 11 is 0.